The lowest BCUT2D eigenvalue weighted by Crippen LogP contribution is -2.30. The molecular weight excluding hydrogens is 318 g/mol. The van der Waals surface area contributed by atoms with Gasteiger partial charge in [-0.25, -0.2) is 9.67 Å². The van der Waals surface area contributed by atoms with Gasteiger partial charge in [0.25, 0.3) is 0 Å². The molecule has 1 aromatic carbocycles. The first-order valence-corrected chi connectivity index (χ1v) is 8.60. The van der Waals surface area contributed by atoms with Crippen molar-refractivity contribution in [2.24, 2.45) is 5.73 Å². The van der Waals surface area contributed by atoms with Gasteiger partial charge >= 0.3 is 0 Å². The molecule has 1 aromatic heterocycles. The second kappa shape index (κ2) is 7.46. The quantitative estimate of drug-likeness (QED) is 0.819. The number of primary amides is 1. The minimum atomic E-state index is -0.461. The zero-order valence-corrected chi connectivity index (χ0v) is 14.4. The van der Waals surface area contributed by atoms with Gasteiger partial charge in [-0.05, 0) is 25.3 Å². The van der Waals surface area contributed by atoms with Crippen LogP contribution < -0.4 is 5.73 Å². The van der Waals surface area contributed by atoms with Gasteiger partial charge in [0.2, 0.25) is 11.8 Å². The summed E-state index contributed by atoms with van der Waals surface area (Å²) in [6.45, 7) is 3.33. The van der Waals surface area contributed by atoms with Crippen molar-refractivity contribution in [1.82, 2.24) is 19.7 Å². The minimum Gasteiger partial charge on any atom is -0.369 e. The summed E-state index contributed by atoms with van der Waals surface area (Å²) in [5, 5.41) is 4.45. The molecule has 1 saturated heterocycles. The molecule has 3 rings (SSSR count). The van der Waals surface area contributed by atoms with Crippen molar-refractivity contribution in [2.45, 2.75) is 45.2 Å². The SMILES string of the molecule is CC(c1nc(CC(N)=O)nn1CCc1ccccc1)N1CCCC1=O. The maximum absolute atomic E-state index is 12.1. The molecule has 1 aliphatic rings. The predicted octanol–water partition coefficient (Wildman–Crippen LogP) is 1.23. The highest BCUT2D eigenvalue weighted by atomic mass is 16.2. The van der Waals surface area contributed by atoms with E-state index in [1.807, 2.05) is 34.7 Å². The van der Waals surface area contributed by atoms with E-state index in [-0.39, 0.29) is 18.4 Å². The van der Waals surface area contributed by atoms with Crippen molar-refractivity contribution < 1.29 is 9.59 Å². The highest BCUT2D eigenvalue weighted by molar-refractivity contribution is 5.78. The normalized spacial score (nSPS) is 15.6. The molecule has 0 radical (unpaired) electrons. The Balaban J connectivity index is 1.82. The van der Waals surface area contributed by atoms with Crippen molar-refractivity contribution >= 4 is 11.8 Å². The molecule has 1 atom stereocenters. The molecule has 1 aliphatic heterocycles. The van der Waals surface area contributed by atoms with Gasteiger partial charge in [-0.3, -0.25) is 9.59 Å². The van der Waals surface area contributed by atoms with Gasteiger partial charge in [-0.2, -0.15) is 5.10 Å². The maximum atomic E-state index is 12.1. The van der Waals surface area contributed by atoms with E-state index in [1.54, 1.807) is 0 Å². The molecule has 1 unspecified atom stereocenters. The molecule has 2 amide bonds. The molecule has 7 nitrogen and oxygen atoms in total. The number of carbonyl (C=O) groups is 2. The first kappa shape index (κ1) is 17.1. The Morgan fingerprint density at radius 1 is 1.32 bits per heavy atom. The van der Waals surface area contributed by atoms with Crippen molar-refractivity contribution in [3.8, 4) is 0 Å². The van der Waals surface area contributed by atoms with Gasteiger partial charge in [-0.15, -0.1) is 0 Å². The number of aryl methyl sites for hydroxylation is 2. The summed E-state index contributed by atoms with van der Waals surface area (Å²) < 4.78 is 1.81. The number of rotatable bonds is 7. The molecule has 2 N–H and O–H groups in total. The summed E-state index contributed by atoms with van der Waals surface area (Å²) >= 11 is 0. The predicted molar refractivity (Wildman–Crippen MR) is 92.4 cm³/mol. The second-order valence-electron chi connectivity index (χ2n) is 6.35. The molecule has 2 heterocycles. The van der Waals surface area contributed by atoms with E-state index in [0.29, 0.717) is 24.6 Å². The number of nitrogens with two attached hydrogens (primary N) is 1. The molecule has 132 valence electrons. The van der Waals surface area contributed by atoms with Crippen molar-refractivity contribution in [2.75, 3.05) is 6.54 Å². The van der Waals surface area contributed by atoms with E-state index in [4.69, 9.17) is 5.73 Å². The molecule has 7 heteroatoms. The van der Waals surface area contributed by atoms with Crippen LogP contribution in [0.2, 0.25) is 0 Å². The maximum Gasteiger partial charge on any atom is 0.225 e. The standard InChI is InChI=1S/C18H23N5O2/c1-13(22-10-5-8-17(22)25)18-20-16(12-15(19)24)21-23(18)11-9-14-6-3-2-4-7-14/h2-4,6-7,13H,5,8-12H2,1H3,(H2,19,24). The first-order valence-electron chi connectivity index (χ1n) is 8.60. The number of hydrogen-bond acceptors (Lipinski definition) is 4. The average Bonchev–Trinajstić information content (AvgIpc) is 3.19. The Morgan fingerprint density at radius 3 is 2.72 bits per heavy atom. The van der Waals surface area contributed by atoms with Crippen molar-refractivity contribution in [3.05, 3.63) is 47.5 Å². The lowest BCUT2D eigenvalue weighted by atomic mass is 10.1. The zero-order valence-electron chi connectivity index (χ0n) is 14.4. The molecule has 0 bridgehead atoms. The highest BCUT2D eigenvalue weighted by Crippen LogP contribution is 2.24. The fourth-order valence-electron chi connectivity index (χ4n) is 3.20. The van der Waals surface area contributed by atoms with Gasteiger partial charge in [0.1, 0.15) is 5.82 Å². The number of benzene rings is 1. The Hall–Kier alpha value is -2.70. The van der Waals surface area contributed by atoms with Crippen LogP contribution in [-0.4, -0.2) is 38.0 Å². The lowest BCUT2D eigenvalue weighted by Gasteiger charge is -2.23. The van der Waals surface area contributed by atoms with Crippen LogP contribution in [0.25, 0.3) is 0 Å². The summed E-state index contributed by atoms with van der Waals surface area (Å²) in [5.41, 5.74) is 6.48. The molecule has 0 spiro atoms. The summed E-state index contributed by atoms with van der Waals surface area (Å²) in [6, 6.07) is 9.95. The van der Waals surface area contributed by atoms with Crippen LogP contribution in [0.3, 0.4) is 0 Å². The molecule has 2 aromatic rings. The summed E-state index contributed by atoms with van der Waals surface area (Å²) in [6.07, 6.45) is 2.26. The Labute approximate surface area is 146 Å². The van der Waals surface area contributed by atoms with Crippen molar-refractivity contribution in [1.29, 1.82) is 0 Å². The number of likely N-dealkylation sites (tertiary alicyclic amines) is 1. The molecule has 0 aliphatic carbocycles. The number of aromatic nitrogens is 3. The fourth-order valence-corrected chi connectivity index (χ4v) is 3.20. The molecular formula is C18H23N5O2. The van der Waals surface area contributed by atoms with Crippen LogP contribution in [0.4, 0.5) is 0 Å². The van der Waals surface area contributed by atoms with Gasteiger partial charge in [-0.1, -0.05) is 30.3 Å². The minimum absolute atomic E-state index is 0.00596. The second-order valence-corrected chi connectivity index (χ2v) is 6.35. The number of nitrogens with zero attached hydrogens (tertiary/aromatic N) is 4. The zero-order chi connectivity index (χ0) is 17.8. The third-order valence-corrected chi connectivity index (χ3v) is 4.48. The van der Waals surface area contributed by atoms with E-state index in [1.165, 1.54) is 5.56 Å². The topological polar surface area (TPSA) is 94.1 Å². The van der Waals surface area contributed by atoms with Crippen LogP contribution in [0.5, 0.6) is 0 Å². The van der Waals surface area contributed by atoms with Crippen LogP contribution in [0, 0.1) is 0 Å². The number of amides is 2. The Bertz CT molecular complexity index is 756. The van der Waals surface area contributed by atoms with Gasteiger partial charge in [0, 0.05) is 19.5 Å². The van der Waals surface area contributed by atoms with Crippen molar-refractivity contribution in [3.63, 3.8) is 0 Å². The van der Waals surface area contributed by atoms with E-state index in [0.717, 1.165) is 19.4 Å². The van der Waals surface area contributed by atoms with E-state index in [9.17, 15) is 9.59 Å². The fraction of sp³-hybridized carbons (Fsp3) is 0.444. The molecule has 0 saturated carbocycles. The molecule has 1 fully saturated rings. The van der Waals surface area contributed by atoms with Crippen LogP contribution in [0.15, 0.2) is 30.3 Å². The van der Waals surface area contributed by atoms with Crippen LogP contribution >= 0.6 is 0 Å². The van der Waals surface area contributed by atoms with E-state index < -0.39 is 5.91 Å². The molecule has 25 heavy (non-hydrogen) atoms. The largest absolute Gasteiger partial charge is 0.369 e. The summed E-state index contributed by atoms with van der Waals surface area (Å²) in [7, 11) is 0. The summed E-state index contributed by atoms with van der Waals surface area (Å²) in [4.78, 5) is 29.6. The lowest BCUT2D eigenvalue weighted by molar-refractivity contribution is -0.129. The smallest absolute Gasteiger partial charge is 0.225 e. The average molecular weight is 341 g/mol. The number of carbonyl (C=O) groups excluding carboxylic acids is 2. The number of hydrogen-bond donors (Lipinski definition) is 1. The third-order valence-electron chi connectivity index (χ3n) is 4.48. The van der Waals surface area contributed by atoms with Gasteiger partial charge in [0.05, 0.1) is 12.5 Å². The monoisotopic (exact) mass is 341 g/mol. The highest BCUT2D eigenvalue weighted by Gasteiger charge is 2.29. The third kappa shape index (κ3) is 4.04. The summed E-state index contributed by atoms with van der Waals surface area (Å²) in [5.74, 6) is 0.801. The first-order chi connectivity index (χ1) is 12.0. The van der Waals surface area contributed by atoms with Crippen LogP contribution in [0.1, 0.15) is 43.0 Å². The van der Waals surface area contributed by atoms with Gasteiger partial charge < -0.3 is 10.6 Å². The van der Waals surface area contributed by atoms with E-state index in [2.05, 4.69) is 22.2 Å². The Kier molecular flexibility index (Phi) is 5.11. The van der Waals surface area contributed by atoms with E-state index >= 15 is 0 Å². The van der Waals surface area contributed by atoms with Crippen LogP contribution in [-0.2, 0) is 29.0 Å². The van der Waals surface area contributed by atoms with Gasteiger partial charge in [0.15, 0.2) is 5.82 Å². The Morgan fingerprint density at radius 2 is 2.08 bits per heavy atom.